The van der Waals surface area contributed by atoms with Crippen molar-refractivity contribution in [3.05, 3.63) is 72.6 Å². The van der Waals surface area contributed by atoms with Crippen molar-refractivity contribution in [1.82, 2.24) is 9.97 Å². The summed E-state index contributed by atoms with van der Waals surface area (Å²) in [5, 5.41) is 4.17. The van der Waals surface area contributed by atoms with Crippen molar-refractivity contribution < 1.29 is 23.7 Å². The highest BCUT2D eigenvalue weighted by molar-refractivity contribution is 5.93. The number of ether oxygens (including phenoxy) is 5. The predicted molar refractivity (Wildman–Crippen MR) is 135 cm³/mol. The van der Waals surface area contributed by atoms with Crippen LogP contribution < -0.4 is 19.5 Å². The largest absolute Gasteiger partial charge is 0.487 e. The normalized spacial score (nSPS) is 10.8. The minimum atomic E-state index is 0.390. The van der Waals surface area contributed by atoms with Crippen LogP contribution in [-0.2, 0) is 9.47 Å². The average Bonchev–Trinajstić information content (AvgIpc) is 2.87. The number of fused-ring (bicyclic) bond motifs is 1. The van der Waals surface area contributed by atoms with E-state index in [0.29, 0.717) is 43.7 Å². The summed E-state index contributed by atoms with van der Waals surface area (Å²) in [6.07, 6.45) is 1.52. The number of para-hydroxylation sites is 1. The summed E-state index contributed by atoms with van der Waals surface area (Å²) in [6, 6.07) is 19.4. The van der Waals surface area contributed by atoms with Gasteiger partial charge in [0, 0.05) is 31.4 Å². The van der Waals surface area contributed by atoms with Gasteiger partial charge >= 0.3 is 0 Å². The monoisotopic (exact) mass is 475 g/mol. The zero-order chi connectivity index (χ0) is 24.5. The fourth-order valence-electron chi connectivity index (χ4n) is 3.40. The third-order valence-electron chi connectivity index (χ3n) is 5.23. The van der Waals surface area contributed by atoms with Gasteiger partial charge in [-0.05, 0) is 48.9 Å². The van der Waals surface area contributed by atoms with E-state index in [2.05, 4.69) is 15.3 Å². The maximum atomic E-state index is 6.00. The summed E-state index contributed by atoms with van der Waals surface area (Å²) in [5.74, 6) is 3.42. The fraction of sp³-hybridized carbons (Fsp3) is 0.259. The molecule has 0 atom stereocenters. The van der Waals surface area contributed by atoms with Gasteiger partial charge in [0.2, 0.25) is 0 Å². The topological polar surface area (TPSA) is 84.0 Å². The fourth-order valence-corrected chi connectivity index (χ4v) is 3.40. The minimum Gasteiger partial charge on any atom is -0.487 e. The summed E-state index contributed by atoms with van der Waals surface area (Å²) < 4.78 is 28.0. The lowest BCUT2D eigenvalue weighted by molar-refractivity contribution is 0.132. The molecule has 0 saturated heterocycles. The van der Waals surface area contributed by atoms with Gasteiger partial charge in [-0.25, -0.2) is 9.97 Å². The zero-order valence-electron chi connectivity index (χ0n) is 20.1. The molecule has 4 aromatic rings. The van der Waals surface area contributed by atoms with Crippen molar-refractivity contribution in [2.24, 2.45) is 0 Å². The van der Waals surface area contributed by atoms with Crippen LogP contribution in [-0.4, -0.2) is 50.6 Å². The third kappa shape index (κ3) is 6.38. The Morgan fingerprint density at radius 2 is 1.43 bits per heavy atom. The van der Waals surface area contributed by atoms with E-state index in [4.69, 9.17) is 23.7 Å². The molecule has 0 aliphatic rings. The van der Waals surface area contributed by atoms with Crippen LogP contribution in [0.1, 0.15) is 5.56 Å². The summed E-state index contributed by atoms with van der Waals surface area (Å²) in [6.45, 7) is 3.74. The molecule has 8 nitrogen and oxygen atoms in total. The minimum absolute atomic E-state index is 0.390. The Morgan fingerprint density at radius 1 is 0.743 bits per heavy atom. The number of aromatic nitrogens is 2. The first-order valence-electron chi connectivity index (χ1n) is 11.3. The molecular weight excluding hydrogens is 446 g/mol. The van der Waals surface area contributed by atoms with Crippen molar-refractivity contribution >= 4 is 22.4 Å². The molecule has 1 heterocycles. The highest BCUT2D eigenvalue weighted by Gasteiger charge is 2.13. The molecule has 35 heavy (non-hydrogen) atoms. The van der Waals surface area contributed by atoms with E-state index in [1.807, 2.05) is 67.6 Å². The number of aryl methyl sites for hydroxylation is 1. The van der Waals surface area contributed by atoms with E-state index in [0.717, 1.165) is 33.7 Å². The Hall–Kier alpha value is -3.88. The molecule has 4 rings (SSSR count). The van der Waals surface area contributed by atoms with Gasteiger partial charge in [-0.1, -0.05) is 18.2 Å². The molecule has 182 valence electrons. The maximum Gasteiger partial charge on any atom is 0.163 e. The second kappa shape index (κ2) is 12.0. The first-order chi connectivity index (χ1) is 17.2. The lowest BCUT2D eigenvalue weighted by Crippen LogP contribution is -2.09. The van der Waals surface area contributed by atoms with E-state index in [1.165, 1.54) is 6.33 Å². The second-order valence-electron chi connectivity index (χ2n) is 7.74. The highest BCUT2D eigenvalue weighted by atomic mass is 16.5. The van der Waals surface area contributed by atoms with Crippen LogP contribution in [0.2, 0.25) is 0 Å². The predicted octanol–water partition coefficient (Wildman–Crippen LogP) is 5.52. The van der Waals surface area contributed by atoms with Crippen LogP contribution in [0, 0.1) is 6.92 Å². The van der Waals surface area contributed by atoms with Gasteiger partial charge in [-0.3, -0.25) is 0 Å². The van der Waals surface area contributed by atoms with Gasteiger partial charge in [0.25, 0.3) is 0 Å². The van der Waals surface area contributed by atoms with Crippen molar-refractivity contribution in [3.63, 3.8) is 0 Å². The summed E-state index contributed by atoms with van der Waals surface area (Å²) in [4.78, 5) is 8.87. The van der Waals surface area contributed by atoms with E-state index >= 15 is 0 Å². The molecule has 0 fully saturated rings. The molecule has 0 radical (unpaired) electrons. The molecular formula is C27H29N3O5. The van der Waals surface area contributed by atoms with Crippen LogP contribution >= 0.6 is 0 Å². The first kappa shape index (κ1) is 24.3. The standard InChI is InChI=1S/C27H29N3O5/c1-19-6-4-5-7-24(19)35-21-10-8-20(9-11-21)30-27-22-16-25(33-14-12-31-2)26(34-15-13-32-3)17-23(22)28-18-29-27/h4-11,16-18H,12-15H2,1-3H3,(H,28,29,30). The molecule has 0 amide bonds. The van der Waals surface area contributed by atoms with Crippen molar-refractivity contribution in [2.75, 3.05) is 46.0 Å². The van der Waals surface area contributed by atoms with Crippen LogP contribution in [0.4, 0.5) is 11.5 Å². The van der Waals surface area contributed by atoms with Crippen LogP contribution in [0.5, 0.6) is 23.0 Å². The van der Waals surface area contributed by atoms with Gasteiger partial charge in [0.15, 0.2) is 11.5 Å². The molecule has 0 spiro atoms. The summed E-state index contributed by atoms with van der Waals surface area (Å²) in [5.41, 5.74) is 2.68. The summed E-state index contributed by atoms with van der Waals surface area (Å²) in [7, 11) is 3.26. The number of anilines is 2. The Balaban J connectivity index is 1.56. The van der Waals surface area contributed by atoms with E-state index in [9.17, 15) is 0 Å². The van der Waals surface area contributed by atoms with Crippen LogP contribution in [0.25, 0.3) is 10.9 Å². The Morgan fingerprint density at radius 3 is 2.11 bits per heavy atom. The molecule has 0 aliphatic heterocycles. The second-order valence-corrected chi connectivity index (χ2v) is 7.74. The Labute approximate surface area is 204 Å². The lowest BCUT2D eigenvalue weighted by atomic mass is 10.2. The van der Waals surface area contributed by atoms with Gasteiger partial charge in [0.05, 0.1) is 18.7 Å². The molecule has 0 unspecified atom stereocenters. The van der Waals surface area contributed by atoms with Gasteiger partial charge in [-0.2, -0.15) is 0 Å². The molecule has 0 aliphatic carbocycles. The van der Waals surface area contributed by atoms with E-state index in [1.54, 1.807) is 14.2 Å². The van der Waals surface area contributed by atoms with Gasteiger partial charge in [0.1, 0.15) is 36.9 Å². The first-order valence-corrected chi connectivity index (χ1v) is 11.3. The van der Waals surface area contributed by atoms with E-state index in [-0.39, 0.29) is 0 Å². The van der Waals surface area contributed by atoms with Gasteiger partial charge in [-0.15, -0.1) is 0 Å². The van der Waals surface area contributed by atoms with Crippen molar-refractivity contribution in [2.45, 2.75) is 6.92 Å². The number of hydrogen-bond donors (Lipinski definition) is 1. The average molecular weight is 476 g/mol. The smallest absolute Gasteiger partial charge is 0.163 e. The van der Waals surface area contributed by atoms with Crippen molar-refractivity contribution in [1.29, 1.82) is 0 Å². The van der Waals surface area contributed by atoms with Gasteiger partial charge < -0.3 is 29.0 Å². The quantitative estimate of drug-likeness (QED) is 0.268. The van der Waals surface area contributed by atoms with Crippen LogP contribution in [0.15, 0.2) is 67.0 Å². The lowest BCUT2D eigenvalue weighted by Gasteiger charge is -2.15. The van der Waals surface area contributed by atoms with Crippen molar-refractivity contribution in [3.8, 4) is 23.0 Å². The highest BCUT2D eigenvalue weighted by Crippen LogP contribution is 2.35. The summed E-state index contributed by atoms with van der Waals surface area (Å²) >= 11 is 0. The number of methoxy groups -OCH3 is 2. The molecule has 1 aromatic heterocycles. The number of nitrogens with one attached hydrogen (secondary N) is 1. The molecule has 1 N–H and O–H groups in total. The number of hydrogen-bond acceptors (Lipinski definition) is 8. The Kier molecular flexibility index (Phi) is 8.32. The SMILES string of the molecule is COCCOc1cc2ncnc(Nc3ccc(Oc4ccccc4C)cc3)c2cc1OCCOC. The van der Waals surface area contributed by atoms with E-state index < -0.39 is 0 Å². The maximum absolute atomic E-state index is 6.00. The number of nitrogens with zero attached hydrogens (tertiary/aromatic N) is 2. The zero-order valence-corrected chi connectivity index (χ0v) is 20.1. The van der Waals surface area contributed by atoms with Crippen LogP contribution in [0.3, 0.4) is 0 Å². The number of rotatable bonds is 12. The molecule has 0 saturated carbocycles. The molecule has 0 bridgehead atoms. The molecule has 8 heteroatoms. The molecule has 3 aromatic carbocycles. The third-order valence-corrected chi connectivity index (χ3v) is 5.23. The number of benzene rings is 3. The Bertz CT molecular complexity index is 1250.